The van der Waals surface area contributed by atoms with E-state index in [0.717, 1.165) is 10.7 Å². The molecule has 0 aliphatic rings. The van der Waals surface area contributed by atoms with Crippen LogP contribution in [-0.2, 0) is 19.6 Å². The van der Waals surface area contributed by atoms with Crippen LogP contribution in [0.5, 0.6) is 5.75 Å². The van der Waals surface area contributed by atoms with Gasteiger partial charge < -0.3 is 14.0 Å². The second-order valence-electron chi connectivity index (χ2n) is 4.48. The summed E-state index contributed by atoms with van der Waals surface area (Å²) in [5.41, 5.74) is 0. The number of benzene rings is 1. The van der Waals surface area contributed by atoms with Crippen molar-refractivity contribution in [2.75, 3.05) is 13.2 Å². The van der Waals surface area contributed by atoms with Crippen molar-refractivity contribution in [3.8, 4) is 5.75 Å². The molecular weight excluding hydrogens is 710 g/mol. The smallest absolute Gasteiger partial charge is 0.364 e. The van der Waals surface area contributed by atoms with Gasteiger partial charge in [-0.1, -0.05) is 0 Å². The summed E-state index contributed by atoms with van der Waals surface area (Å²) in [6, 6.07) is 3.62. The number of carbonyl (C=O) groups excluding carboxylic acids is 1. The summed E-state index contributed by atoms with van der Waals surface area (Å²) in [6.45, 7) is -1.37. The largest absolute Gasteiger partial charge is 0.743 e. The van der Waals surface area contributed by atoms with Gasteiger partial charge in [0.05, 0.1) is 13.7 Å². The Morgan fingerprint density at radius 2 is 1.76 bits per heavy atom. The Morgan fingerprint density at radius 3 is 2.24 bits per heavy atom. The van der Waals surface area contributed by atoms with Gasteiger partial charge in [-0.2, -0.15) is 8.78 Å². The van der Waals surface area contributed by atoms with E-state index in [4.69, 9.17) is 4.74 Å². The summed E-state index contributed by atoms with van der Waals surface area (Å²) >= 11 is 6.12. The van der Waals surface area contributed by atoms with Crippen molar-refractivity contribution in [2.24, 2.45) is 0 Å². The summed E-state index contributed by atoms with van der Waals surface area (Å²) in [6.07, 6.45) is -4.42. The van der Waals surface area contributed by atoms with Gasteiger partial charge in [-0.05, 0) is 79.9 Å². The lowest BCUT2D eigenvalue weighted by molar-refractivity contribution is -0.147. The summed E-state index contributed by atoms with van der Waals surface area (Å²) in [5.74, 6) is -0.517. The second kappa shape index (κ2) is 9.54. The van der Waals surface area contributed by atoms with Crippen LogP contribution in [0.4, 0.5) is 13.2 Å². The molecule has 25 heavy (non-hydrogen) atoms. The molecule has 0 radical (unpaired) electrons. The summed E-state index contributed by atoms with van der Waals surface area (Å²) in [5, 5.41) is -5.08. The van der Waals surface area contributed by atoms with Crippen LogP contribution in [0.25, 0.3) is 0 Å². The van der Waals surface area contributed by atoms with Gasteiger partial charge in [0.15, 0.2) is 22.9 Å². The van der Waals surface area contributed by atoms with Gasteiger partial charge in [0.25, 0.3) is 0 Å². The van der Waals surface area contributed by atoms with E-state index in [0.29, 0.717) is 5.75 Å². The highest BCUT2D eigenvalue weighted by Crippen LogP contribution is 2.30. The van der Waals surface area contributed by atoms with E-state index in [1.807, 2.05) is 57.3 Å². The molecule has 1 atom stereocenters. The van der Waals surface area contributed by atoms with Crippen molar-refractivity contribution in [2.45, 2.75) is 17.8 Å². The Bertz CT molecular complexity index is 721. The normalized spacial score (nSPS) is 13.4. The molecule has 0 fully saturated rings. The van der Waals surface area contributed by atoms with Crippen LogP contribution in [0.1, 0.15) is 6.42 Å². The highest BCUT2D eigenvalue weighted by Gasteiger charge is 2.47. The lowest BCUT2D eigenvalue weighted by atomic mass is 10.3. The van der Waals surface area contributed by atoms with Crippen molar-refractivity contribution < 1.29 is 40.4 Å². The Hall–Kier alpha value is 0.380. The molecule has 0 aliphatic carbocycles. The van der Waals surface area contributed by atoms with E-state index in [1.165, 1.54) is 0 Å². The third kappa shape index (κ3) is 6.80. The highest BCUT2D eigenvalue weighted by molar-refractivity contribution is 14.1. The fourth-order valence-electron chi connectivity index (χ4n) is 1.44. The predicted octanol–water partition coefficient (Wildman–Crippen LogP) is 3.29. The maximum absolute atomic E-state index is 13.2. The predicted molar refractivity (Wildman–Crippen MR) is 105 cm³/mol. The molecule has 13 heteroatoms. The molecule has 1 rings (SSSR count). The first-order valence-electron chi connectivity index (χ1n) is 6.26. The number of rotatable bonds is 8. The van der Waals surface area contributed by atoms with E-state index in [9.17, 15) is 30.9 Å². The number of hydrogen-bond donors (Lipinski definition) is 0. The molecular formula is C12H9F3I3O6S-. The van der Waals surface area contributed by atoms with Gasteiger partial charge in [-0.25, -0.2) is 17.6 Å². The molecule has 142 valence electrons. The molecule has 0 heterocycles. The number of hydrogen-bond acceptors (Lipinski definition) is 6. The monoisotopic (exact) mass is 719 g/mol. The molecule has 0 saturated heterocycles. The van der Waals surface area contributed by atoms with Crippen LogP contribution in [0, 0.1) is 10.7 Å². The van der Waals surface area contributed by atoms with Crippen LogP contribution in [0.15, 0.2) is 12.1 Å². The van der Waals surface area contributed by atoms with Gasteiger partial charge in [-0.3, -0.25) is 0 Å². The number of esters is 1. The van der Waals surface area contributed by atoms with Gasteiger partial charge in [0.2, 0.25) is 0 Å². The lowest BCUT2D eigenvalue weighted by Gasteiger charge is -2.23. The zero-order valence-corrected chi connectivity index (χ0v) is 19.3. The van der Waals surface area contributed by atoms with Crippen molar-refractivity contribution in [1.29, 1.82) is 0 Å². The third-order valence-electron chi connectivity index (χ3n) is 2.63. The molecule has 0 aliphatic heterocycles. The Labute approximate surface area is 182 Å². The van der Waals surface area contributed by atoms with Crippen LogP contribution < -0.4 is 4.74 Å². The van der Waals surface area contributed by atoms with E-state index in [2.05, 4.69) is 27.3 Å². The number of carbonyl (C=O) groups is 1. The van der Waals surface area contributed by atoms with Gasteiger partial charge in [0.1, 0.15) is 5.75 Å². The maximum Gasteiger partial charge on any atom is 0.364 e. The minimum absolute atomic E-state index is 0.436. The van der Waals surface area contributed by atoms with Crippen molar-refractivity contribution >= 4 is 83.9 Å². The molecule has 1 unspecified atom stereocenters. The topological polar surface area (TPSA) is 92.7 Å². The van der Waals surface area contributed by atoms with Crippen molar-refractivity contribution in [3.05, 3.63) is 22.8 Å². The first kappa shape index (κ1) is 23.4. The first-order chi connectivity index (χ1) is 11.4. The second-order valence-corrected chi connectivity index (χ2v) is 9.50. The number of alkyl halides is 3. The molecule has 0 amide bonds. The fourth-order valence-corrected chi connectivity index (χ4v) is 5.77. The summed E-state index contributed by atoms with van der Waals surface area (Å²) in [7, 11) is -6.14. The van der Waals surface area contributed by atoms with E-state index in [1.54, 1.807) is 0 Å². The minimum Gasteiger partial charge on any atom is -0.743 e. The Balaban J connectivity index is 2.49. The van der Waals surface area contributed by atoms with E-state index in [-0.39, 0.29) is 0 Å². The standard InChI is InChI=1S/C12H10F3I3O6S/c13-9(12(14,15)25(20,21)22)1-2-23-10(19)5-24-11-7(17)3-6(16)4-8(11)18/h3-4,9H,1-2,5H2,(H,20,21,22)/p-1. The van der Waals surface area contributed by atoms with Crippen molar-refractivity contribution in [3.63, 3.8) is 0 Å². The van der Waals surface area contributed by atoms with E-state index < -0.39 is 47.1 Å². The van der Waals surface area contributed by atoms with Crippen LogP contribution in [-0.4, -0.2) is 43.6 Å². The molecule has 0 spiro atoms. The van der Waals surface area contributed by atoms with Crippen molar-refractivity contribution in [1.82, 2.24) is 0 Å². The summed E-state index contributed by atoms with van der Waals surface area (Å²) < 4.78 is 82.0. The lowest BCUT2D eigenvalue weighted by Crippen LogP contribution is -2.39. The quantitative estimate of drug-likeness (QED) is 0.233. The maximum atomic E-state index is 13.2. The van der Waals surface area contributed by atoms with E-state index >= 15 is 0 Å². The van der Waals surface area contributed by atoms with Crippen LogP contribution in [0.2, 0.25) is 0 Å². The number of ether oxygens (including phenoxy) is 2. The fraction of sp³-hybridized carbons (Fsp3) is 0.417. The zero-order valence-electron chi connectivity index (χ0n) is 12.0. The number of halogens is 6. The molecule has 0 N–H and O–H groups in total. The third-order valence-corrected chi connectivity index (χ3v) is 5.78. The van der Waals surface area contributed by atoms with Gasteiger partial charge in [0, 0.05) is 9.99 Å². The summed E-state index contributed by atoms with van der Waals surface area (Å²) in [4.78, 5) is 11.5. The average molecular weight is 719 g/mol. The zero-order chi connectivity index (χ0) is 19.4. The molecule has 6 nitrogen and oxygen atoms in total. The Kier molecular flexibility index (Phi) is 8.93. The molecule has 0 saturated carbocycles. The van der Waals surface area contributed by atoms with Gasteiger partial charge >= 0.3 is 11.2 Å². The van der Waals surface area contributed by atoms with Gasteiger partial charge in [-0.15, -0.1) is 0 Å². The first-order valence-corrected chi connectivity index (χ1v) is 10.9. The Morgan fingerprint density at radius 1 is 1.24 bits per heavy atom. The molecule has 1 aromatic rings. The highest BCUT2D eigenvalue weighted by atomic mass is 127. The molecule has 0 aromatic heterocycles. The van der Waals surface area contributed by atoms with Crippen LogP contribution >= 0.6 is 67.8 Å². The minimum atomic E-state index is -6.14. The van der Waals surface area contributed by atoms with Crippen LogP contribution in [0.3, 0.4) is 0 Å². The average Bonchev–Trinajstić information content (AvgIpc) is 2.44. The SMILES string of the molecule is O=C(COc1c(I)cc(I)cc1I)OCCC(F)C(F)(F)S(=O)(=O)[O-]. The molecule has 0 bridgehead atoms. The molecule has 1 aromatic carbocycles.